The zero-order chi connectivity index (χ0) is 22.9. The third-order valence-corrected chi connectivity index (χ3v) is 5.98. The number of pyridine rings is 1. The van der Waals surface area contributed by atoms with Crippen molar-refractivity contribution in [1.29, 1.82) is 0 Å². The van der Waals surface area contributed by atoms with Crippen LogP contribution in [0.2, 0.25) is 0 Å². The lowest BCUT2D eigenvalue weighted by atomic mass is 9.86. The Kier molecular flexibility index (Phi) is 5.92. The van der Waals surface area contributed by atoms with Gasteiger partial charge in [-0.15, -0.1) is 0 Å². The Hall–Kier alpha value is -3.34. The van der Waals surface area contributed by atoms with Gasteiger partial charge in [-0.25, -0.2) is 4.98 Å². The molecule has 0 saturated carbocycles. The summed E-state index contributed by atoms with van der Waals surface area (Å²) in [6, 6.07) is 20.2. The predicted molar refractivity (Wildman–Crippen MR) is 130 cm³/mol. The molecule has 1 amide bonds. The molecule has 4 rings (SSSR count). The van der Waals surface area contributed by atoms with Crippen molar-refractivity contribution in [2.24, 2.45) is 0 Å². The van der Waals surface area contributed by atoms with Crippen LogP contribution in [0.4, 0.5) is 5.82 Å². The number of amides is 1. The van der Waals surface area contributed by atoms with Crippen LogP contribution in [0.15, 0.2) is 60.7 Å². The number of aromatic hydroxyl groups is 1. The molecular formula is C27H31N3O2. The molecule has 1 aliphatic rings. The number of phenolic OH excluding ortho intramolecular Hbond substituents is 1. The molecule has 1 fully saturated rings. The van der Waals surface area contributed by atoms with Gasteiger partial charge in [0.25, 0.3) is 0 Å². The SMILES string of the molecule is CC(=O)NC1CCN(c2cc(-c3ccc(C(C)(C)C)cc3)cc(-c3ccc(O)cc3)n2)C1. The maximum atomic E-state index is 11.5. The molecule has 1 atom stereocenters. The number of carbonyl (C=O) groups excluding carboxylic acids is 1. The van der Waals surface area contributed by atoms with Crippen molar-refractivity contribution < 1.29 is 9.90 Å². The molecule has 1 unspecified atom stereocenters. The van der Waals surface area contributed by atoms with Crippen LogP contribution < -0.4 is 10.2 Å². The molecule has 2 heterocycles. The predicted octanol–water partition coefficient (Wildman–Crippen LogP) is 5.13. The van der Waals surface area contributed by atoms with Gasteiger partial charge in [-0.1, -0.05) is 45.0 Å². The van der Waals surface area contributed by atoms with Gasteiger partial charge in [-0.3, -0.25) is 4.79 Å². The van der Waals surface area contributed by atoms with E-state index in [1.54, 1.807) is 19.1 Å². The Morgan fingerprint density at radius 2 is 1.66 bits per heavy atom. The van der Waals surface area contributed by atoms with E-state index in [4.69, 9.17) is 4.98 Å². The van der Waals surface area contributed by atoms with E-state index in [1.807, 2.05) is 12.1 Å². The van der Waals surface area contributed by atoms with Crippen molar-refractivity contribution in [1.82, 2.24) is 10.3 Å². The molecule has 3 aromatic rings. The van der Waals surface area contributed by atoms with Crippen LogP contribution in [0.3, 0.4) is 0 Å². The van der Waals surface area contributed by atoms with Gasteiger partial charge in [0.05, 0.1) is 5.69 Å². The standard InChI is InChI=1S/C27H31N3O2/c1-18(31)28-23-13-14-30(17-23)26-16-21(19-5-9-22(10-6-19)27(2,3)4)15-25(29-26)20-7-11-24(32)12-8-20/h5-12,15-16,23,32H,13-14,17H2,1-4H3,(H,28,31). The van der Waals surface area contributed by atoms with Gasteiger partial charge in [-0.2, -0.15) is 0 Å². The smallest absolute Gasteiger partial charge is 0.217 e. The van der Waals surface area contributed by atoms with Crippen LogP contribution in [-0.2, 0) is 10.2 Å². The average molecular weight is 430 g/mol. The van der Waals surface area contributed by atoms with Gasteiger partial charge in [0.15, 0.2) is 0 Å². The number of hydrogen-bond donors (Lipinski definition) is 2. The molecule has 2 N–H and O–H groups in total. The van der Waals surface area contributed by atoms with Crippen molar-refractivity contribution in [3.63, 3.8) is 0 Å². The lowest BCUT2D eigenvalue weighted by Crippen LogP contribution is -2.35. The van der Waals surface area contributed by atoms with Crippen LogP contribution in [-0.4, -0.2) is 35.1 Å². The van der Waals surface area contributed by atoms with E-state index >= 15 is 0 Å². The van der Waals surface area contributed by atoms with Gasteiger partial charge in [0.1, 0.15) is 11.6 Å². The average Bonchev–Trinajstić information content (AvgIpc) is 3.21. The van der Waals surface area contributed by atoms with Crippen LogP contribution in [0.5, 0.6) is 5.75 Å². The van der Waals surface area contributed by atoms with Gasteiger partial charge in [0, 0.05) is 31.6 Å². The van der Waals surface area contributed by atoms with E-state index < -0.39 is 0 Å². The molecule has 0 spiro atoms. The van der Waals surface area contributed by atoms with E-state index in [2.05, 4.69) is 67.4 Å². The van der Waals surface area contributed by atoms with E-state index in [0.717, 1.165) is 47.7 Å². The number of nitrogens with zero attached hydrogens (tertiary/aromatic N) is 2. The first-order chi connectivity index (χ1) is 15.2. The molecule has 5 heteroatoms. The lowest BCUT2D eigenvalue weighted by molar-refractivity contribution is -0.119. The Balaban J connectivity index is 1.73. The topological polar surface area (TPSA) is 65.5 Å². The second-order valence-electron chi connectivity index (χ2n) is 9.61. The Labute approximate surface area is 190 Å². The molecule has 1 aliphatic heterocycles. The summed E-state index contributed by atoms with van der Waals surface area (Å²) in [4.78, 5) is 18.7. The summed E-state index contributed by atoms with van der Waals surface area (Å²) in [7, 11) is 0. The summed E-state index contributed by atoms with van der Waals surface area (Å²) in [6.07, 6.45) is 0.903. The number of nitrogens with one attached hydrogen (secondary N) is 1. The summed E-state index contributed by atoms with van der Waals surface area (Å²) in [5.41, 5.74) is 5.45. The fraction of sp³-hybridized carbons (Fsp3) is 0.333. The molecule has 0 radical (unpaired) electrons. The lowest BCUT2D eigenvalue weighted by Gasteiger charge is -2.21. The highest BCUT2D eigenvalue weighted by Crippen LogP contribution is 2.32. The first kappa shape index (κ1) is 21.9. The molecule has 0 bridgehead atoms. The number of anilines is 1. The minimum atomic E-state index is 0.00211. The fourth-order valence-corrected chi connectivity index (χ4v) is 4.16. The molecule has 1 saturated heterocycles. The summed E-state index contributed by atoms with van der Waals surface area (Å²) in [5.74, 6) is 1.14. The van der Waals surface area contributed by atoms with E-state index in [-0.39, 0.29) is 23.1 Å². The summed E-state index contributed by atoms with van der Waals surface area (Å²) in [6.45, 7) is 9.80. The van der Waals surface area contributed by atoms with Crippen molar-refractivity contribution in [2.45, 2.75) is 45.6 Å². The molecular weight excluding hydrogens is 398 g/mol. The van der Waals surface area contributed by atoms with Crippen molar-refractivity contribution in [3.05, 3.63) is 66.2 Å². The first-order valence-corrected chi connectivity index (χ1v) is 11.1. The van der Waals surface area contributed by atoms with Crippen molar-refractivity contribution in [2.75, 3.05) is 18.0 Å². The fourth-order valence-electron chi connectivity index (χ4n) is 4.16. The number of rotatable bonds is 4. The third kappa shape index (κ3) is 4.93. The molecule has 2 aromatic carbocycles. The van der Waals surface area contributed by atoms with Gasteiger partial charge in [-0.05, 0) is 64.9 Å². The number of aromatic nitrogens is 1. The minimum absolute atomic E-state index is 0.00211. The highest BCUT2D eigenvalue weighted by atomic mass is 16.3. The van der Waals surface area contributed by atoms with E-state index in [9.17, 15) is 9.90 Å². The Bertz CT molecular complexity index is 1100. The highest BCUT2D eigenvalue weighted by Gasteiger charge is 2.25. The Morgan fingerprint density at radius 1 is 1.00 bits per heavy atom. The number of carbonyl (C=O) groups is 1. The normalized spacial score (nSPS) is 16.2. The van der Waals surface area contributed by atoms with E-state index in [0.29, 0.717) is 0 Å². The second kappa shape index (κ2) is 8.65. The molecule has 32 heavy (non-hydrogen) atoms. The zero-order valence-electron chi connectivity index (χ0n) is 19.2. The van der Waals surface area contributed by atoms with Gasteiger partial charge < -0.3 is 15.3 Å². The first-order valence-electron chi connectivity index (χ1n) is 11.1. The summed E-state index contributed by atoms with van der Waals surface area (Å²) < 4.78 is 0. The van der Waals surface area contributed by atoms with Gasteiger partial charge in [0.2, 0.25) is 5.91 Å². The van der Waals surface area contributed by atoms with Crippen LogP contribution in [0.1, 0.15) is 39.7 Å². The minimum Gasteiger partial charge on any atom is -0.508 e. The molecule has 1 aromatic heterocycles. The maximum Gasteiger partial charge on any atom is 0.217 e. The highest BCUT2D eigenvalue weighted by molar-refractivity contribution is 5.75. The number of benzene rings is 2. The maximum absolute atomic E-state index is 11.5. The second-order valence-corrected chi connectivity index (χ2v) is 9.61. The van der Waals surface area contributed by atoms with Gasteiger partial charge >= 0.3 is 0 Å². The molecule has 166 valence electrons. The largest absolute Gasteiger partial charge is 0.508 e. The summed E-state index contributed by atoms with van der Waals surface area (Å²) in [5, 5.41) is 12.7. The third-order valence-electron chi connectivity index (χ3n) is 5.98. The number of phenols is 1. The van der Waals surface area contributed by atoms with Crippen LogP contribution >= 0.6 is 0 Å². The van der Waals surface area contributed by atoms with E-state index in [1.165, 1.54) is 5.56 Å². The quantitative estimate of drug-likeness (QED) is 0.603. The molecule has 0 aliphatic carbocycles. The summed E-state index contributed by atoms with van der Waals surface area (Å²) >= 11 is 0. The van der Waals surface area contributed by atoms with Crippen molar-refractivity contribution >= 4 is 11.7 Å². The van der Waals surface area contributed by atoms with Crippen molar-refractivity contribution in [3.8, 4) is 28.1 Å². The zero-order valence-corrected chi connectivity index (χ0v) is 19.2. The molecule has 5 nitrogen and oxygen atoms in total. The van der Waals surface area contributed by atoms with Crippen LogP contribution in [0.25, 0.3) is 22.4 Å². The Morgan fingerprint density at radius 3 is 2.28 bits per heavy atom. The van der Waals surface area contributed by atoms with Crippen LogP contribution in [0, 0.1) is 0 Å². The number of hydrogen-bond acceptors (Lipinski definition) is 4. The monoisotopic (exact) mass is 429 g/mol.